The molecule has 2 fully saturated rings. The number of para-hydroxylation sites is 1. The van der Waals surface area contributed by atoms with Gasteiger partial charge in [-0.3, -0.25) is 9.59 Å². The van der Waals surface area contributed by atoms with Crippen LogP contribution in [0, 0.1) is 0 Å². The van der Waals surface area contributed by atoms with Gasteiger partial charge in [-0.2, -0.15) is 0 Å². The van der Waals surface area contributed by atoms with Crippen LogP contribution in [0.3, 0.4) is 0 Å². The number of carbonyl (C=O) groups excluding carboxylic acids is 3. The lowest BCUT2D eigenvalue weighted by Gasteiger charge is -2.41. The maximum absolute atomic E-state index is 14.1. The highest BCUT2D eigenvalue weighted by atomic mass is 16.2. The van der Waals surface area contributed by atoms with Crippen LogP contribution in [0.2, 0.25) is 0 Å². The highest BCUT2D eigenvalue weighted by Crippen LogP contribution is 2.52. The molecule has 1 spiro atoms. The van der Waals surface area contributed by atoms with Crippen molar-refractivity contribution in [1.29, 1.82) is 0 Å². The first-order valence-electron chi connectivity index (χ1n) is 15.1. The molecule has 3 N–H and O–H groups in total. The van der Waals surface area contributed by atoms with Gasteiger partial charge in [0.25, 0.3) is 0 Å². The molecule has 1 saturated carbocycles. The average Bonchev–Trinajstić information content (AvgIpc) is 3.72. The maximum Gasteiger partial charge on any atom is 0.315 e. The van der Waals surface area contributed by atoms with E-state index in [4.69, 9.17) is 0 Å². The minimum Gasteiger partial charge on any atom is -0.361 e. The second-order valence-electron chi connectivity index (χ2n) is 12.4. The van der Waals surface area contributed by atoms with E-state index in [1.54, 1.807) is 4.90 Å². The predicted octanol–water partition coefficient (Wildman–Crippen LogP) is 4.46. The number of amides is 4. The number of aromatic nitrogens is 1. The molecule has 2 aromatic carbocycles. The SMILES string of the molecule is CN(C)C(=O)C1CC2(CCN(C(=O)C(Cc3c[nH]c4ccccc34)NC(=O)NC3CCCC3)CC2)c2ccccc21. The first kappa shape index (κ1) is 27.4. The molecule has 1 aliphatic heterocycles. The highest BCUT2D eigenvalue weighted by molar-refractivity contribution is 5.90. The van der Waals surface area contributed by atoms with Crippen molar-refractivity contribution in [2.45, 2.75) is 74.8 Å². The van der Waals surface area contributed by atoms with E-state index in [1.165, 1.54) is 5.56 Å². The number of rotatable bonds is 6. The fraction of sp³-hybridized carbons (Fsp3) is 0.485. The summed E-state index contributed by atoms with van der Waals surface area (Å²) in [6.07, 6.45) is 9.00. The van der Waals surface area contributed by atoms with Crippen molar-refractivity contribution in [3.63, 3.8) is 0 Å². The zero-order chi connectivity index (χ0) is 28.6. The van der Waals surface area contributed by atoms with Gasteiger partial charge in [-0.05, 0) is 54.9 Å². The average molecular weight is 556 g/mol. The van der Waals surface area contributed by atoms with Crippen LogP contribution < -0.4 is 10.6 Å². The van der Waals surface area contributed by atoms with Crippen molar-refractivity contribution in [3.8, 4) is 0 Å². The topological polar surface area (TPSA) is 97.5 Å². The number of nitrogens with one attached hydrogen (secondary N) is 3. The highest BCUT2D eigenvalue weighted by Gasteiger charge is 2.48. The van der Waals surface area contributed by atoms with E-state index in [9.17, 15) is 14.4 Å². The Labute approximate surface area is 241 Å². The van der Waals surface area contributed by atoms with Crippen LogP contribution in [0.25, 0.3) is 10.9 Å². The monoisotopic (exact) mass is 555 g/mol. The molecule has 2 unspecified atom stereocenters. The Hall–Kier alpha value is -3.81. The van der Waals surface area contributed by atoms with Crippen molar-refractivity contribution in [1.82, 2.24) is 25.4 Å². The summed E-state index contributed by atoms with van der Waals surface area (Å²) in [5.74, 6) is -0.0398. The molecule has 6 rings (SSSR count). The van der Waals surface area contributed by atoms with E-state index in [0.29, 0.717) is 19.5 Å². The molecule has 8 heteroatoms. The molecule has 0 bridgehead atoms. The lowest BCUT2D eigenvalue weighted by Crippen LogP contribution is -2.55. The summed E-state index contributed by atoms with van der Waals surface area (Å²) in [6, 6.07) is 15.6. The molecule has 216 valence electrons. The Morgan fingerprint density at radius 2 is 1.73 bits per heavy atom. The molecule has 2 heterocycles. The molecule has 0 radical (unpaired) electrons. The molecule has 8 nitrogen and oxygen atoms in total. The molecule has 3 aromatic rings. The number of urea groups is 1. The van der Waals surface area contributed by atoms with Crippen LogP contribution >= 0.6 is 0 Å². The number of piperidine rings is 1. The molecule has 3 aliphatic rings. The Balaban J connectivity index is 1.19. The van der Waals surface area contributed by atoms with Crippen LogP contribution in [0.5, 0.6) is 0 Å². The van der Waals surface area contributed by atoms with Crippen LogP contribution in [-0.4, -0.2) is 71.9 Å². The lowest BCUT2D eigenvalue weighted by atomic mass is 9.73. The van der Waals surface area contributed by atoms with Crippen LogP contribution in [-0.2, 0) is 21.4 Å². The summed E-state index contributed by atoms with van der Waals surface area (Å²) in [6.45, 7) is 1.21. The number of benzene rings is 2. The predicted molar refractivity (Wildman–Crippen MR) is 160 cm³/mol. The number of H-pyrrole nitrogens is 1. The summed E-state index contributed by atoms with van der Waals surface area (Å²) in [4.78, 5) is 47.1. The van der Waals surface area contributed by atoms with E-state index in [0.717, 1.165) is 67.0 Å². The molecule has 2 atom stereocenters. The fourth-order valence-corrected chi connectivity index (χ4v) is 7.45. The summed E-state index contributed by atoms with van der Waals surface area (Å²) >= 11 is 0. The van der Waals surface area contributed by atoms with Crippen LogP contribution in [0.4, 0.5) is 4.79 Å². The van der Waals surface area contributed by atoms with Gasteiger partial charge in [0, 0.05) is 62.2 Å². The third-order valence-electron chi connectivity index (χ3n) is 9.67. The molecule has 2 aliphatic carbocycles. The Kier molecular flexibility index (Phi) is 7.49. The zero-order valence-electron chi connectivity index (χ0n) is 24.1. The molecular formula is C33H41N5O3. The largest absolute Gasteiger partial charge is 0.361 e. The van der Waals surface area contributed by atoms with Gasteiger partial charge in [-0.15, -0.1) is 0 Å². The zero-order valence-corrected chi connectivity index (χ0v) is 24.1. The van der Waals surface area contributed by atoms with Crippen molar-refractivity contribution in [2.24, 2.45) is 0 Å². The molecular weight excluding hydrogens is 514 g/mol. The van der Waals surface area contributed by atoms with Gasteiger partial charge in [0.2, 0.25) is 11.8 Å². The number of aromatic amines is 1. The van der Waals surface area contributed by atoms with Gasteiger partial charge in [0.05, 0.1) is 5.92 Å². The van der Waals surface area contributed by atoms with E-state index in [1.807, 2.05) is 49.5 Å². The number of carbonyl (C=O) groups is 3. The normalized spacial score (nSPS) is 20.6. The minimum absolute atomic E-state index is 0.0427. The van der Waals surface area contributed by atoms with Gasteiger partial charge in [0.1, 0.15) is 6.04 Å². The van der Waals surface area contributed by atoms with E-state index >= 15 is 0 Å². The third kappa shape index (κ3) is 5.32. The van der Waals surface area contributed by atoms with Gasteiger partial charge in [-0.1, -0.05) is 55.3 Å². The first-order chi connectivity index (χ1) is 19.8. The van der Waals surface area contributed by atoms with Gasteiger partial charge < -0.3 is 25.4 Å². The summed E-state index contributed by atoms with van der Waals surface area (Å²) in [5, 5.41) is 7.21. The second-order valence-corrected chi connectivity index (χ2v) is 12.4. The Bertz CT molecular complexity index is 1430. The number of likely N-dealkylation sites (N-methyl/N-ethyl adjacent to an activating group) is 1. The van der Waals surface area contributed by atoms with Crippen molar-refractivity contribution in [2.75, 3.05) is 27.2 Å². The van der Waals surface area contributed by atoms with Crippen molar-refractivity contribution >= 4 is 28.7 Å². The first-order valence-corrected chi connectivity index (χ1v) is 15.1. The summed E-state index contributed by atoms with van der Waals surface area (Å²) in [7, 11) is 3.64. The standard InChI is InChI=1S/C33H41N5O3/c1-37(2)30(39)26-20-33(27-13-7-5-12-25(26)27)15-17-38(18-16-33)31(40)29(36-32(41)35-23-9-3-4-10-23)19-22-21-34-28-14-8-6-11-24(22)28/h5-8,11-14,21,23,26,29,34H,3-4,9-10,15-20H2,1-2H3,(H2,35,36,41). The van der Waals surface area contributed by atoms with Crippen LogP contribution in [0.15, 0.2) is 54.7 Å². The number of fused-ring (bicyclic) bond motifs is 3. The number of likely N-dealkylation sites (tertiary alicyclic amines) is 1. The number of nitrogens with zero attached hydrogens (tertiary/aromatic N) is 2. The second kappa shape index (κ2) is 11.2. The van der Waals surface area contributed by atoms with E-state index < -0.39 is 6.04 Å². The Morgan fingerprint density at radius 1 is 1.02 bits per heavy atom. The van der Waals surface area contributed by atoms with Gasteiger partial charge >= 0.3 is 6.03 Å². The number of hydrogen-bond donors (Lipinski definition) is 3. The minimum atomic E-state index is -0.663. The Morgan fingerprint density at radius 3 is 2.49 bits per heavy atom. The quantitative estimate of drug-likeness (QED) is 0.419. The maximum atomic E-state index is 14.1. The summed E-state index contributed by atoms with van der Waals surface area (Å²) in [5.41, 5.74) is 4.32. The van der Waals surface area contributed by atoms with E-state index in [2.05, 4.69) is 39.9 Å². The van der Waals surface area contributed by atoms with Gasteiger partial charge in [-0.25, -0.2) is 4.79 Å². The van der Waals surface area contributed by atoms with E-state index in [-0.39, 0.29) is 35.2 Å². The van der Waals surface area contributed by atoms with Crippen molar-refractivity contribution < 1.29 is 14.4 Å². The molecule has 41 heavy (non-hydrogen) atoms. The lowest BCUT2D eigenvalue weighted by molar-refractivity contribution is -0.135. The summed E-state index contributed by atoms with van der Waals surface area (Å²) < 4.78 is 0. The fourth-order valence-electron chi connectivity index (χ4n) is 7.45. The smallest absolute Gasteiger partial charge is 0.315 e. The molecule has 1 aromatic heterocycles. The molecule has 1 saturated heterocycles. The van der Waals surface area contributed by atoms with Gasteiger partial charge in [0.15, 0.2) is 0 Å². The molecule has 4 amide bonds. The van der Waals surface area contributed by atoms with Crippen molar-refractivity contribution in [3.05, 3.63) is 71.4 Å². The third-order valence-corrected chi connectivity index (χ3v) is 9.67. The number of hydrogen-bond acceptors (Lipinski definition) is 3. The van der Waals surface area contributed by atoms with Crippen LogP contribution in [0.1, 0.15) is 67.6 Å².